The highest BCUT2D eigenvalue weighted by Gasteiger charge is 2.36. The fourth-order valence-electron chi connectivity index (χ4n) is 4.64. The van der Waals surface area contributed by atoms with Crippen LogP contribution in [-0.4, -0.2) is 44.1 Å². The number of anilines is 1. The molecule has 5 rings (SSSR count). The van der Waals surface area contributed by atoms with Crippen LogP contribution in [0.5, 0.6) is 5.75 Å². The fourth-order valence-corrected chi connectivity index (χ4v) is 5.53. The predicted molar refractivity (Wildman–Crippen MR) is 140 cm³/mol. The lowest BCUT2D eigenvalue weighted by Crippen LogP contribution is -2.49. The Bertz CT molecular complexity index is 1460. The summed E-state index contributed by atoms with van der Waals surface area (Å²) < 4.78 is 7.22. The molecule has 0 aliphatic carbocycles. The van der Waals surface area contributed by atoms with Gasteiger partial charge in [-0.1, -0.05) is 36.0 Å². The molecule has 4 aromatic rings. The molecule has 0 saturated carbocycles. The molecule has 1 aliphatic rings. The summed E-state index contributed by atoms with van der Waals surface area (Å²) in [5.41, 5.74) is 4.22. The number of benzene rings is 2. The van der Waals surface area contributed by atoms with Crippen molar-refractivity contribution in [3.63, 3.8) is 0 Å². The van der Waals surface area contributed by atoms with E-state index >= 15 is 0 Å². The number of fused-ring (bicyclic) bond motifs is 2. The van der Waals surface area contributed by atoms with Crippen LogP contribution in [0.1, 0.15) is 32.2 Å². The number of allylic oxidation sites excluding steroid dienone is 1. The van der Waals surface area contributed by atoms with E-state index < -0.39 is 5.54 Å². The molecular weight excluding hydrogens is 458 g/mol. The molecule has 35 heavy (non-hydrogen) atoms. The molecule has 0 atom stereocenters. The molecular formula is C27H27N5O2S. The molecule has 0 unspecified atom stereocenters. The maximum absolute atomic E-state index is 13.6. The van der Waals surface area contributed by atoms with E-state index in [1.807, 2.05) is 60.4 Å². The van der Waals surface area contributed by atoms with E-state index in [0.717, 1.165) is 44.3 Å². The molecule has 8 heteroatoms. The molecule has 1 aliphatic heterocycles. The van der Waals surface area contributed by atoms with Gasteiger partial charge in [-0.2, -0.15) is 5.10 Å². The van der Waals surface area contributed by atoms with E-state index in [0.29, 0.717) is 5.82 Å². The van der Waals surface area contributed by atoms with Crippen molar-refractivity contribution in [3.05, 3.63) is 72.2 Å². The number of nitrogens with zero attached hydrogens (tertiary/aromatic N) is 5. The molecule has 178 valence electrons. The van der Waals surface area contributed by atoms with E-state index in [1.165, 1.54) is 11.8 Å². The molecule has 7 nitrogen and oxygen atoms in total. The molecule has 0 N–H and O–H groups in total. The number of carbonyl (C=O) groups excluding carboxylic acids is 1. The van der Waals surface area contributed by atoms with E-state index in [4.69, 9.17) is 4.74 Å². The number of hydrogen-bond acceptors (Lipinski definition) is 6. The van der Waals surface area contributed by atoms with Crippen LogP contribution >= 0.6 is 11.8 Å². The van der Waals surface area contributed by atoms with Crippen LogP contribution in [0.2, 0.25) is 0 Å². The molecule has 0 spiro atoms. The van der Waals surface area contributed by atoms with Crippen molar-refractivity contribution < 1.29 is 9.53 Å². The van der Waals surface area contributed by atoms with Gasteiger partial charge in [-0.05, 0) is 63.6 Å². The first kappa shape index (κ1) is 23.1. The zero-order valence-corrected chi connectivity index (χ0v) is 21.3. The lowest BCUT2D eigenvalue weighted by Gasteiger charge is -2.41. The SMILES string of the molecule is COc1ccc2c(c1)C(C)=CC(C)(C)N2C(=O)CSc1nc(C)nc2c1cnn2-c1ccccc1. The Morgan fingerprint density at radius 3 is 2.60 bits per heavy atom. The smallest absolute Gasteiger partial charge is 0.238 e. The molecule has 0 radical (unpaired) electrons. The number of carbonyl (C=O) groups is 1. The van der Waals surface area contributed by atoms with Crippen LogP contribution in [0.15, 0.2) is 65.8 Å². The Hall–Kier alpha value is -3.65. The summed E-state index contributed by atoms with van der Waals surface area (Å²) in [6.45, 7) is 8.05. The van der Waals surface area contributed by atoms with Crippen molar-refractivity contribution in [2.45, 2.75) is 38.3 Å². The summed E-state index contributed by atoms with van der Waals surface area (Å²) in [7, 11) is 1.65. The van der Waals surface area contributed by atoms with E-state index in [9.17, 15) is 4.79 Å². The average molecular weight is 486 g/mol. The first-order chi connectivity index (χ1) is 16.8. The summed E-state index contributed by atoms with van der Waals surface area (Å²) in [5, 5.41) is 6.13. The molecule has 0 bridgehead atoms. The summed E-state index contributed by atoms with van der Waals surface area (Å²) in [6, 6.07) is 15.7. The third kappa shape index (κ3) is 4.18. The number of methoxy groups -OCH3 is 1. The largest absolute Gasteiger partial charge is 0.497 e. The second-order valence-corrected chi connectivity index (χ2v) is 10.1. The van der Waals surface area contributed by atoms with E-state index in [-0.39, 0.29) is 11.7 Å². The van der Waals surface area contributed by atoms with Crippen LogP contribution in [0, 0.1) is 6.92 Å². The van der Waals surface area contributed by atoms with Crippen LogP contribution < -0.4 is 9.64 Å². The van der Waals surface area contributed by atoms with Gasteiger partial charge in [0.05, 0.1) is 41.4 Å². The van der Waals surface area contributed by atoms with Gasteiger partial charge in [0, 0.05) is 5.56 Å². The predicted octanol–water partition coefficient (Wildman–Crippen LogP) is 5.45. The third-order valence-electron chi connectivity index (χ3n) is 6.10. The van der Waals surface area contributed by atoms with Gasteiger partial charge in [-0.3, -0.25) is 4.79 Å². The monoisotopic (exact) mass is 485 g/mol. The highest BCUT2D eigenvalue weighted by atomic mass is 32.2. The number of hydrogen-bond donors (Lipinski definition) is 0. The zero-order valence-electron chi connectivity index (χ0n) is 20.4. The molecule has 0 fully saturated rings. The number of rotatable bonds is 5. The number of para-hydroxylation sites is 1. The average Bonchev–Trinajstić information content (AvgIpc) is 3.26. The van der Waals surface area contributed by atoms with Crippen molar-refractivity contribution in [2.24, 2.45) is 0 Å². The van der Waals surface area contributed by atoms with Crippen LogP contribution in [0.25, 0.3) is 22.3 Å². The maximum atomic E-state index is 13.6. The Balaban J connectivity index is 1.46. The first-order valence-electron chi connectivity index (χ1n) is 11.4. The minimum Gasteiger partial charge on any atom is -0.497 e. The maximum Gasteiger partial charge on any atom is 0.238 e. The van der Waals surface area contributed by atoms with Crippen molar-refractivity contribution >= 4 is 40.0 Å². The Kier molecular flexibility index (Phi) is 5.84. The van der Waals surface area contributed by atoms with Gasteiger partial charge in [0.1, 0.15) is 16.6 Å². The van der Waals surface area contributed by atoms with Crippen molar-refractivity contribution in [1.29, 1.82) is 0 Å². The minimum atomic E-state index is -0.460. The Morgan fingerprint density at radius 2 is 1.86 bits per heavy atom. The number of aryl methyl sites for hydroxylation is 1. The molecule has 0 saturated heterocycles. The third-order valence-corrected chi connectivity index (χ3v) is 7.08. The minimum absolute atomic E-state index is 0.00929. The number of ether oxygens (including phenoxy) is 1. The molecule has 2 aromatic carbocycles. The van der Waals surface area contributed by atoms with Gasteiger partial charge in [0.25, 0.3) is 0 Å². The standard InChI is InChI=1S/C27H27N5O2S/c1-17-14-27(3,4)31(23-12-11-20(34-5)13-21(17)23)24(33)16-35-26-22-15-28-32(19-9-7-6-8-10-19)25(22)29-18(2)30-26/h6-15H,16H2,1-5H3. The number of amides is 1. The normalized spacial score (nSPS) is 14.5. The lowest BCUT2D eigenvalue weighted by molar-refractivity contribution is -0.116. The van der Waals surface area contributed by atoms with Crippen molar-refractivity contribution in [2.75, 3.05) is 17.8 Å². The number of thioether (sulfide) groups is 1. The summed E-state index contributed by atoms with van der Waals surface area (Å²) >= 11 is 1.42. The second-order valence-electron chi connectivity index (χ2n) is 9.09. The van der Waals surface area contributed by atoms with Gasteiger partial charge in [0.2, 0.25) is 5.91 Å². The number of aromatic nitrogens is 4. The summed E-state index contributed by atoms with van der Waals surface area (Å²) in [5.74, 6) is 1.66. The van der Waals surface area contributed by atoms with Crippen LogP contribution in [0.3, 0.4) is 0 Å². The quantitative estimate of drug-likeness (QED) is 0.276. The van der Waals surface area contributed by atoms with E-state index in [1.54, 1.807) is 18.0 Å². The highest BCUT2D eigenvalue weighted by Crippen LogP contribution is 2.41. The zero-order chi connectivity index (χ0) is 24.7. The van der Waals surface area contributed by atoms with Gasteiger partial charge in [-0.25, -0.2) is 14.6 Å². The van der Waals surface area contributed by atoms with Crippen LogP contribution in [-0.2, 0) is 4.79 Å². The first-order valence-corrected chi connectivity index (χ1v) is 12.4. The van der Waals surface area contributed by atoms with Crippen molar-refractivity contribution in [1.82, 2.24) is 19.7 Å². The second kappa shape index (κ2) is 8.85. The molecule has 1 amide bonds. The molecule has 2 aromatic heterocycles. The topological polar surface area (TPSA) is 73.1 Å². The van der Waals surface area contributed by atoms with Gasteiger partial charge >= 0.3 is 0 Å². The molecule has 3 heterocycles. The fraction of sp³-hybridized carbons (Fsp3) is 0.259. The van der Waals surface area contributed by atoms with Crippen LogP contribution in [0.4, 0.5) is 5.69 Å². The lowest BCUT2D eigenvalue weighted by atomic mass is 9.88. The Labute approximate surface area is 208 Å². The van der Waals surface area contributed by atoms with Gasteiger partial charge < -0.3 is 9.64 Å². The van der Waals surface area contributed by atoms with E-state index in [2.05, 4.69) is 41.9 Å². The highest BCUT2D eigenvalue weighted by molar-refractivity contribution is 8.00. The Morgan fingerprint density at radius 1 is 1.09 bits per heavy atom. The van der Waals surface area contributed by atoms with Gasteiger partial charge in [0.15, 0.2) is 5.65 Å². The van der Waals surface area contributed by atoms with Gasteiger partial charge in [-0.15, -0.1) is 0 Å². The summed E-state index contributed by atoms with van der Waals surface area (Å²) in [4.78, 5) is 24.8. The summed E-state index contributed by atoms with van der Waals surface area (Å²) in [6.07, 6.45) is 3.90. The van der Waals surface area contributed by atoms with Crippen molar-refractivity contribution in [3.8, 4) is 11.4 Å².